The molecular weight excluding hydrogens is 432 g/mol. The van der Waals surface area contributed by atoms with Gasteiger partial charge in [-0.25, -0.2) is 8.42 Å². The lowest BCUT2D eigenvalue weighted by Gasteiger charge is -2.18. The van der Waals surface area contributed by atoms with Crippen LogP contribution < -0.4 is 10.0 Å². The van der Waals surface area contributed by atoms with Crippen molar-refractivity contribution in [1.82, 2.24) is 5.32 Å². The summed E-state index contributed by atoms with van der Waals surface area (Å²) in [5.41, 5.74) is 4.61. The third kappa shape index (κ3) is 5.46. The first kappa shape index (κ1) is 22.8. The summed E-state index contributed by atoms with van der Waals surface area (Å²) < 4.78 is 27.8. The summed E-state index contributed by atoms with van der Waals surface area (Å²) >= 11 is 6.24. The average Bonchev–Trinajstić information content (AvgIpc) is 2.71. The number of aryl methyl sites for hydroxylation is 3. The molecule has 0 aliphatic carbocycles. The molecule has 0 saturated heterocycles. The quantitative estimate of drug-likeness (QED) is 0.510. The zero-order valence-corrected chi connectivity index (χ0v) is 19.4. The van der Waals surface area contributed by atoms with E-state index in [4.69, 9.17) is 11.6 Å². The van der Waals surface area contributed by atoms with Crippen LogP contribution in [-0.2, 0) is 10.0 Å². The number of benzene rings is 3. The summed E-state index contributed by atoms with van der Waals surface area (Å²) in [4.78, 5) is 13.0. The van der Waals surface area contributed by atoms with Gasteiger partial charge >= 0.3 is 0 Å². The molecule has 1 amide bonds. The van der Waals surface area contributed by atoms with E-state index in [0.717, 1.165) is 22.3 Å². The van der Waals surface area contributed by atoms with Crippen molar-refractivity contribution in [3.63, 3.8) is 0 Å². The SMILES string of the molecule is Cc1ccc(S(=O)(=O)Nc2ccc(Cl)c(C(=O)N[C@H](C)c3cc(C)ccc3C)c2)cc1. The van der Waals surface area contributed by atoms with Gasteiger partial charge in [0.1, 0.15) is 0 Å². The first-order chi connectivity index (χ1) is 14.6. The molecule has 0 heterocycles. The topological polar surface area (TPSA) is 75.3 Å². The minimum Gasteiger partial charge on any atom is -0.345 e. The van der Waals surface area contributed by atoms with E-state index in [-0.39, 0.29) is 33.1 Å². The normalized spacial score (nSPS) is 12.3. The molecule has 2 N–H and O–H groups in total. The minimum absolute atomic E-state index is 0.141. The van der Waals surface area contributed by atoms with Crippen molar-refractivity contribution in [2.24, 2.45) is 0 Å². The summed E-state index contributed by atoms with van der Waals surface area (Å²) in [6, 6.07) is 16.8. The van der Waals surface area contributed by atoms with Crippen LogP contribution in [0.4, 0.5) is 5.69 Å². The Kier molecular flexibility index (Phi) is 6.72. The van der Waals surface area contributed by atoms with Gasteiger partial charge in [-0.05, 0) is 69.2 Å². The van der Waals surface area contributed by atoms with Crippen molar-refractivity contribution in [3.8, 4) is 0 Å². The minimum atomic E-state index is -3.79. The number of hydrogen-bond donors (Lipinski definition) is 2. The Morgan fingerprint density at radius 2 is 1.55 bits per heavy atom. The highest BCUT2D eigenvalue weighted by atomic mass is 35.5. The van der Waals surface area contributed by atoms with E-state index < -0.39 is 10.0 Å². The number of nitrogens with one attached hydrogen (secondary N) is 2. The fraction of sp³-hybridized carbons (Fsp3) is 0.208. The highest BCUT2D eigenvalue weighted by Gasteiger charge is 2.19. The molecular formula is C24H25ClN2O3S. The Morgan fingerprint density at radius 1 is 0.903 bits per heavy atom. The summed E-state index contributed by atoms with van der Waals surface area (Å²) in [5.74, 6) is -0.380. The first-order valence-corrected chi connectivity index (χ1v) is 11.7. The van der Waals surface area contributed by atoms with E-state index in [1.165, 1.54) is 30.3 Å². The molecule has 0 aliphatic rings. The lowest BCUT2D eigenvalue weighted by molar-refractivity contribution is 0.0940. The molecule has 3 rings (SSSR count). The Balaban J connectivity index is 1.82. The molecule has 3 aromatic carbocycles. The largest absolute Gasteiger partial charge is 0.345 e. The fourth-order valence-corrected chi connectivity index (χ4v) is 4.53. The number of anilines is 1. The Morgan fingerprint density at radius 3 is 2.23 bits per heavy atom. The molecule has 31 heavy (non-hydrogen) atoms. The molecule has 0 spiro atoms. The second-order valence-corrected chi connectivity index (χ2v) is 9.76. The predicted octanol–water partition coefficient (Wildman–Crippen LogP) is 5.56. The highest BCUT2D eigenvalue weighted by Crippen LogP contribution is 2.25. The smallest absolute Gasteiger partial charge is 0.261 e. The van der Waals surface area contributed by atoms with Crippen LogP contribution in [0.15, 0.2) is 65.6 Å². The van der Waals surface area contributed by atoms with Crippen molar-refractivity contribution in [2.45, 2.75) is 38.6 Å². The van der Waals surface area contributed by atoms with Gasteiger partial charge in [-0.3, -0.25) is 9.52 Å². The molecule has 0 bridgehead atoms. The maximum atomic E-state index is 12.9. The average molecular weight is 457 g/mol. The van der Waals surface area contributed by atoms with Gasteiger partial charge in [0, 0.05) is 5.69 Å². The lowest BCUT2D eigenvalue weighted by Crippen LogP contribution is -2.27. The van der Waals surface area contributed by atoms with Gasteiger partial charge in [-0.1, -0.05) is 53.1 Å². The molecule has 0 fully saturated rings. The number of carbonyl (C=O) groups is 1. The fourth-order valence-electron chi connectivity index (χ4n) is 3.27. The van der Waals surface area contributed by atoms with Gasteiger partial charge in [0.05, 0.1) is 21.5 Å². The molecule has 3 aromatic rings. The number of sulfonamides is 1. The van der Waals surface area contributed by atoms with Gasteiger partial charge in [0.2, 0.25) is 0 Å². The van der Waals surface area contributed by atoms with Crippen LogP contribution in [0.5, 0.6) is 0 Å². The standard InChI is InChI=1S/C24H25ClN2O3S/c1-15-6-10-20(11-7-15)31(29,30)27-19-9-12-23(25)22(14-19)24(28)26-18(4)21-13-16(2)5-8-17(21)3/h5-14,18,27H,1-4H3,(H,26,28)/t18-/m1/s1. The van der Waals surface area contributed by atoms with Crippen LogP contribution in [0.25, 0.3) is 0 Å². The van der Waals surface area contributed by atoms with Crippen molar-refractivity contribution < 1.29 is 13.2 Å². The monoisotopic (exact) mass is 456 g/mol. The maximum Gasteiger partial charge on any atom is 0.261 e. The van der Waals surface area contributed by atoms with Crippen molar-refractivity contribution in [1.29, 1.82) is 0 Å². The summed E-state index contributed by atoms with van der Waals surface area (Å²) in [6.45, 7) is 7.77. The molecule has 0 unspecified atom stereocenters. The lowest BCUT2D eigenvalue weighted by atomic mass is 9.99. The second kappa shape index (κ2) is 9.12. The van der Waals surface area contributed by atoms with Gasteiger partial charge in [-0.2, -0.15) is 0 Å². The van der Waals surface area contributed by atoms with Crippen LogP contribution in [0.3, 0.4) is 0 Å². The molecule has 1 atom stereocenters. The van der Waals surface area contributed by atoms with E-state index >= 15 is 0 Å². The zero-order valence-electron chi connectivity index (χ0n) is 17.9. The predicted molar refractivity (Wildman–Crippen MR) is 125 cm³/mol. The highest BCUT2D eigenvalue weighted by molar-refractivity contribution is 7.92. The molecule has 0 aliphatic heterocycles. The third-order valence-corrected chi connectivity index (χ3v) is 6.77. The van der Waals surface area contributed by atoms with E-state index in [0.29, 0.717) is 0 Å². The van der Waals surface area contributed by atoms with Crippen LogP contribution in [0.2, 0.25) is 5.02 Å². The second-order valence-electron chi connectivity index (χ2n) is 7.67. The third-order valence-electron chi connectivity index (χ3n) is 5.04. The Bertz CT molecular complexity index is 1220. The van der Waals surface area contributed by atoms with Crippen molar-refractivity contribution in [3.05, 3.63) is 93.5 Å². The first-order valence-electron chi connectivity index (χ1n) is 9.84. The molecule has 0 radical (unpaired) electrons. The van der Waals surface area contributed by atoms with E-state index in [9.17, 15) is 13.2 Å². The zero-order chi connectivity index (χ0) is 22.8. The van der Waals surface area contributed by atoms with E-state index in [1.807, 2.05) is 45.9 Å². The van der Waals surface area contributed by atoms with Gasteiger partial charge in [-0.15, -0.1) is 0 Å². The number of rotatable bonds is 6. The van der Waals surface area contributed by atoms with Crippen molar-refractivity contribution in [2.75, 3.05) is 4.72 Å². The number of amides is 1. The van der Waals surface area contributed by atoms with Crippen LogP contribution in [0.1, 0.15) is 45.6 Å². The van der Waals surface area contributed by atoms with Crippen LogP contribution in [-0.4, -0.2) is 14.3 Å². The number of hydrogen-bond acceptors (Lipinski definition) is 3. The molecule has 5 nitrogen and oxygen atoms in total. The van der Waals surface area contributed by atoms with E-state index in [2.05, 4.69) is 10.0 Å². The maximum absolute atomic E-state index is 12.9. The molecule has 162 valence electrons. The van der Waals surface area contributed by atoms with E-state index in [1.54, 1.807) is 12.1 Å². The summed E-state index contributed by atoms with van der Waals surface area (Å²) in [5, 5.41) is 3.19. The molecule has 7 heteroatoms. The number of halogens is 1. The number of carbonyl (C=O) groups excluding carboxylic acids is 1. The molecule has 0 aromatic heterocycles. The van der Waals surface area contributed by atoms with Crippen LogP contribution in [0, 0.1) is 20.8 Å². The van der Waals surface area contributed by atoms with Gasteiger partial charge < -0.3 is 5.32 Å². The summed E-state index contributed by atoms with van der Waals surface area (Å²) in [6.07, 6.45) is 0. The molecule has 0 saturated carbocycles. The van der Waals surface area contributed by atoms with Crippen LogP contribution >= 0.6 is 11.6 Å². The van der Waals surface area contributed by atoms with Gasteiger partial charge in [0.25, 0.3) is 15.9 Å². The van der Waals surface area contributed by atoms with Gasteiger partial charge in [0.15, 0.2) is 0 Å². The Hall–Kier alpha value is -2.83. The Labute approximate surface area is 188 Å². The van der Waals surface area contributed by atoms with Crippen molar-refractivity contribution >= 4 is 33.2 Å². The summed E-state index contributed by atoms with van der Waals surface area (Å²) in [7, 11) is -3.79.